The number of nitrogens with one attached hydrogen (secondary N) is 2. The molecule has 1 unspecified atom stereocenters. The molecule has 6 heteroatoms. The fourth-order valence-electron chi connectivity index (χ4n) is 2.19. The van der Waals surface area contributed by atoms with Crippen molar-refractivity contribution >= 4 is 16.9 Å². The number of amides is 1. The molecule has 2 aromatic heterocycles. The van der Waals surface area contributed by atoms with Crippen molar-refractivity contribution in [2.75, 3.05) is 0 Å². The Bertz CT molecular complexity index is 749. The molecule has 0 aliphatic heterocycles. The maximum absolute atomic E-state index is 12.2. The molecular weight excluding hydrogens is 266 g/mol. The van der Waals surface area contributed by atoms with E-state index in [1.54, 1.807) is 10.7 Å². The van der Waals surface area contributed by atoms with Crippen LogP contribution in [0.3, 0.4) is 0 Å². The number of aromatic nitrogens is 4. The zero-order chi connectivity index (χ0) is 15.0. The normalized spacial score (nSPS) is 12.5. The number of para-hydroxylation sites is 2. The molecule has 1 atom stereocenters. The lowest BCUT2D eigenvalue weighted by atomic mass is 10.3. The summed E-state index contributed by atoms with van der Waals surface area (Å²) < 4.78 is 1.68. The van der Waals surface area contributed by atoms with Crippen LogP contribution < -0.4 is 5.32 Å². The van der Waals surface area contributed by atoms with Crippen LogP contribution in [0, 0.1) is 6.92 Å². The number of hydrogen-bond donors (Lipinski definition) is 2. The number of benzene rings is 1. The summed E-state index contributed by atoms with van der Waals surface area (Å²) in [7, 11) is 1.81. The third-order valence-corrected chi connectivity index (χ3v) is 3.51. The highest BCUT2D eigenvalue weighted by Gasteiger charge is 2.17. The van der Waals surface area contributed by atoms with E-state index < -0.39 is 0 Å². The average molecular weight is 283 g/mol. The molecule has 0 radical (unpaired) electrons. The van der Waals surface area contributed by atoms with Gasteiger partial charge in [-0.25, -0.2) is 4.98 Å². The smallest absolute Gasteiger partial charge is 0.272 e. The van der Waals surface area contributed by atoms with Gasteiger partial charge in [0.25, 0.3) is 5.91 Å². The SMILES string of the molecule is Cc1cc(C(=O)NC(C)c2nc3ccccc3[nH]2)nn1C. The standard InChI is InChI=1S/C15H17N5O/c1-9-8-13(19-20(9)3)15(21)16-10(2)14-17-11-6-4-5-7-12(11)18-14/h4-8,10H,1-3H3,(H,16,21)(H,17,18). The van der Waals surface area contributed by atoms with Crippen LogP contribution in [0.1, 0.15) is 35.0 Å². The number of H-pyrrole nitrogens is 1. The van der Waals surface area contributed by atoms with Crippen LogP contribution in [0.2, 0.25) is 0 Å². The zero-order valence-electron chi connectivity index (χ0n) is 12.2. The van der Waals surface area contributed by atoms with Crippen LogP contribution in [0.25, 0.3) is 11.0 Å². The van der Waals surface area contributed by atoms with Gasteiger partial charge in [-0.1, -0.05) is 12.1 Å². The molecule has 21 heavy (non-hydrogen) atoms. The van der Waals surface area contributed by atoms with E-state index in [4.69, 9.17) is 0 Å². The summed E-state index contributed by atoms with van der Waals surface area (Å²) in [4.78, 5) is 19.9. The third-order valence-electron chi connectivity index (χ3n) is 3.51. The van der Waals surface area contributed by atoms with E-state index in [0.29, 0.717) is 5.69 Å². The maximum Gasteiger partial charge on any atom is 0.272 e. The molecule has 6 nitrogen and oxygen atoms in total. The summed E-state index contributed by atoms with van der Waals surface area (Å²) in [6.07, 6.45) is 0. The molecule has 108 valence electrons. The van der Waals surface area contributed by atoms with E-state index >= 15 is 0 Å². The topological polar surface area (TPSA) is 75.6 Å². The van der Waals surface area contributed by atoms with Gasteiger partial charge < -0.3 is 10.3 Å². The molecule has 0 saturated carbocycles. The van der Waals surface area contributed by atoms with Gasteiger partial charge >= 0.3 is 0 Å². The van der Waals surface area contributed by atoms with Crippen molar-refractivity contribution in [1.29, 1.82) is 0 Å². The first-order chi connectivity index (χ1) is 10.0. The van der Waals surface area contributed by atoms with Crippen LogP contribution in [0.4, 0.5) is 0 Å². The summed E-state index contributed by atoms with van der Waals surface area (Å²) in [6.45, 7) is 3.80. The Labute approximate surface area is 122 Å². The van der Waals surface area contributed by atoms with Gasteiger partial charge in [-0.05, 0) is 32.0 Å². The van der Waals surface area contributed by atoms with Crippen molar-refractivity contribution in [1.82, 2.24) is 25.1 Å². The molecule has 0 bridgehead atoms. The molecule has 0 aliphatic rings. The lowest BCUT2D eigenvalue weighted by Crippen LogP contribution is -2.27. The fourth-order valence-corrected chi connectivity index (χ4v) is 2.19. The van der Waals surface area contributed by atoms with Gasteiger partial charge in [0.05, 0.1) is 17.1 Å². The molecule has 2 N–H and O–H groups in total. The monoisotopic (exact) mass is 283 g/mol. The molecule has 0 saturated heterocycles. The Balaban J connectivity index is 1.79. The van der Waals surface area contributed by atoms with E-state index in [1.165, 1.54) is 0 Å². The van der Waals surface area contributed by atoms with Gasteiger partial charge in [-0.15, -0.1) is 0 Å². The van der Waals surface area contributed by atoms with Crippen molar-refractivity contribution in [2.45, 2.75) is 19.9 Å². The first kappa shape index (κ1) is 13.4. The summed E-state index contributed by atoms with van der Waals surface area (Å²) in [5.41, 5.74) is 3.21. The van der Waals surface area contributed by atoms with Gasteiger partial charge in [-0.2, -0.15) is 5.10 Å². The van der Waals surface area contributed by atoms with Crippen LogP contribution in [-0.2, 0) is 7.05 Å². The molecule has 0 spiro atoms. The molecule has 3 aromatic rings. The minimum absolute atomic E-state index is 0.202. The Hall–Kier alpha value is -2.63. The number of fused-ring (bicyclic) bond motifs is 1. The van der Waals surface area contributed by atoms with E-state index in [2.05, 4.69) is 20.4 Å². The van der Waals surface area contributed by atoms with E-state index in [-0.39, 0.29) is 11.9 Å². The third kappa shape index (κ3) is 2.52. The molecule has 0 aliphatic carbocycles. The molecule has 3 rings (SSSR count). The number of rotatable bonds is 3. The van der Waals surface area contributed by atoms with Crippen LogP contribution in [0.15, 0.2) is 30.3 Å². The summed E-state index contributed by atoms with van der Waals surface area (Å²) in [6, 6.07) is 9.33. The highest BCUT2D eigenvalue weighted by atomic mass is 16.2. The second kappa shape index (κ2) is 5.05. The van der Waals surface area contributed by atoms with E-state index in [9.17, 15) is 4.79 Å². The Morgan fingerprint density at radius 2 is 2.14 bits per heavy atom. The molecule has 1 aromatic carbocycles. The van der Waals surface area contributed by atoms with Crippen LogP contribution >= 0.6 is 0 Å². The largest absolute Gasteiger partial charge is 0.341 e. The quantitative estimate of drug-likeness (QED) is 0.773. The number of imidazole rings is 1. The molecule has 1 amide bonds. The zero-order valence-corrected chi connectivity index (χ0v) is 12.2. The fraction of sp³-hybridized carbons (Fsp3) is 0.267. The van der Waals surface area contributed by atoms with Gasteiger partial charge in [-0.3, -0.25) is 9.48 Å². The van der Waals surface area contributed by atoms with E-state index in [0.717, 1.165) is 22.6 Å². The van der Waals surface area contributed by atoms with Crippen LogP contribution in [-0.4, -0.2) is 25.7 Å². The van der Waals surface area contributed by atoms with Gasteiger partial charge in [0, 0.05) is 12.7 Å². The first-order valence-corrected chi connectivity index (χ1v) is 6.81. The first-order valence-electron chi connectivity index (χ1n) is 6.81. The average Bonchev–Trinajstić information content (AvgIpc) is 3.03. The number of carbonyl (C=O) groups is 1. The highest BCUT2D eigenvalue weighted by molar-refractivity contribution is 5.92. The summed E-state index contributed by atoms with van der Waals surface area (Å²) >= 11 is 0. The predicted octanol–water partition coefficient (Wildman–Crippen LogP) is 2.10. The van der Waals surface area contributed by atoms with Crippen molar-refractivity contribution < 1.29 is 4.79 Å². The minimum Gasteiger partial charge on any atom is -0.341 e. The second-order valence-corrected chi connectivity index (χ2v) is 5.13. The van der Waals surface area contributed by atoms with Crippen molar-refractivity contribution in [2.24, 2.45) is 7.05 Å². The second-order valence-electron chi connectivity index (χ2n) is 5.13. The van der Waals surface area contributed by atoms with Gasteiger partial charge in [0.2, 0.25) is 0 Å². The number of aromatic amines is 1. The molecule has 2 heterocycles. The highest BCUT2D eigenvalue weighted by Crippen LogP contribution is 2.16. The van der Waals surface area contributed by atoms with Crippen molar-refractivity contribution in [3.05, 3.63) is 47.5 Å². The number of aryl methyl sites for hydroxylation is 2. The molecule has 0 fully saturated rings. The van der Waals surface area contributed by atoms with E-state index in [1.807, 2.05) is 45.2 Å². The Morgan fingerprint density at radius 1 is 1.38 bits per heavy atom. The molecular formula is C15H17N5O. The summed E-state index contributed by atoms with van der Waals surface area (Å²) in [5.74, 6) is 0.531. The lowest BCUT2D eigenvalue weighted by Gasteiger charge is -2.09. The van der Waals surface area contributed by atoms with Crippen molar-refractivity contribution in [3.63, 3.8) is 0 Å². The van der Waals surface area contributed by atoms with Crippen molar-refractivity contribution in [3.8, 4) is 0 Å². The van der Waals surface area contributed by atoms with Gasteiger partial charge in [0.15, 0.2) is 0 Å². The maximum atomic E-state index is 12.2. The minimum atomic E-state index is -0.216. The predicted molar refractivity (Wildman–Crippen MR) is 79.9 cm³/mol. The number of hydrogen-bond acceptors (Lipinski definition) is 3. The Kier molecular flexibility index (Phi) is 3.21. The number of nitrogens with zero attached hydrogens (tertiary/aromatic N) is 3. The Morgan fingerprint density at radius 3 is 2.81 bits per heavy atom. The number of carbonyl (C=O) groups excluding carboxylic acids is 1. The summed E-state index contributed by atoms with van der Waals surface area (Å²) in [5, 5.41) is 7.08. The van der Waals surface area contributed by atoms with Crippen LogP contribution in [0.5, 0.6) is 0 Å². The van der Waals surface area contributed by atoms with Gasteiger partial charge in [0.1, 0.15) is 11.5 Å². The lowest BCUT2D eigenvalue weighted by molar-refractivity contribution is 0.0932.